The number of carbonyl (C=O) groups is 4. The maximum Gasteiger partial charge on any atom is 0.356 e. The average molecular weight is 461 g/mol. The molecule has 0 aliphatic carbocycles. The Kier molecular flexibility index (Phi) is 6.33. The Morgan fingerprint density at radius 3 is 2.03 bits per heavy atom. The first kappa shape index (κ1) is 22.0. The summed E-state index contributed by atoms with van der Waals surface area (Å²) in [6.45, 7) is -0.593. The zero-order valence-electron chi connectivity index (χ0n) is 17.2. The molecule has 0 saturated heterocycles. The summed E-state index contributed by atoms with van der Waals surface area (Å²) in [6.07, 6.45) is 1.42. The van der Waals surface area contributed by atoms with Gasteiger partial charge in [0.1, 0.15) is 5.70 Å². The highest BCUT2D eigenvalue weighted by atomic mass is 35.5. The minimum absolute atomic E-state index is 0.164. The quantitative estimate of drug-likeness (QED) is 0.342. The predicted octanol–water partition coefficient (Wildman–Crippen LogP) is 3.91. The Bertz CT molecular complexity index is 1230. The van der Waals surface area contributed by atoms with E-state index in [1.165, 1.54) is 18.2 Å². The monoisotopic (exact) mass is 460 g/mol. The van der Waals surface area contributed by atoms with Crippen molar-refractivity contribution in [2.24, 2.45) is 0 Å². The van der Waals surface area contributed by atoms with Crippen LogP contribution < -0.4 is 5.32 Å². The zero-order chi connectivity index (χ0) is 23.4. The van der Waals surface area contributed by atoms with Gasteiger partial charge in [0.15, 0.2) is 6.73 Å². The van der Waals surface area contributed by atoms with Crippen LogP contribution in [0.2, 0.25) is 5.02 Å². The fraction of sp³-hybridized carbons (Fsp3) is 0.0400. The van der Waals surface area contributed by atoms with E-state index in [9.17, 15) is 19.2 Å². The zero-order valence-corrected chi connectivity index (χ0v) is 17.9. The van der Waals surface area contributed by atoms with Gasteiger partial charge >= 0.3 is 5.97 Å². The third-order valence-corrected chi connectivity index (χ3v) is 5.14. The van der Waals surface area contributed by atoms with Crippen molar-refractivity contribution in [2.45, 2.75) is 0 Å². The highest BCUT2D eigenvalue weighted by Gasteiger charge is 2.36. The van der Waals surface area contributed by atoms with Gasteiger partial charge in [0.25, 0.3) is 17.7 Å². The van der Waals surface area contributed by atoms with Crippen LogP contribution in [0.25, 0.3) is 6.08 Å². The van der Waals surface area contributed by atoms with Crippen LogP contribution in [0.4, 0.5) is 0 Å². The summed E-state index contributed by atoms with van der Waals surface area (Å²) in [7, 11) is 0. The second kappa shape index (κ2) is 9.50. The number of amides is 3. The Morgan fingerprint density at radius 2 is 1.42 bits per heavy atom. The van der Waals surface area contributed by atoms with Gasteiger partial charge < -0.3 is 10.1 Å². The van der Waals surface area contributed by atoms with Gasteiger partial charge in [-0.05, 0) is 48.0 Å². The molecular weight excluding hydrogens is 444 g/mol. The van der Waals surface area contributed by atoms with Gasteiger partial charge in [-0.2, -0.15) is 0 Å². The molecule has 7 nitrogen and oxygen atoms in total. The largest absolute Gasteiger partial charge is 0.439 e. The Balaban J connectivity index is 1.53. The molecule has 0 bridgehead atoms. The summed E-state index contributed by atoms with van der Waals surface area (Å²) in [6, 6.07) is 21.3. The topological polar surface area (TPSA) is 92.8 Å². The fourth-order valence-electron chi connectivity index (χ4n) is 3.21. The molecule has 3 aromatic carbocycles. The Morgan fingerprint density at radius 1 is 0.848 bits per heavy atom. The first-order valence-corrected chi connectivity index (χ1v) is 10.3. The first-order chi connectivity index (χ1) is 15.9. The van der Waals surface area contributed by atoms with E-state index >= 15 is 0 Å². The van der Waals surface area contributed by atoms with Crippen molar-refractivity contribution in [3.8, 4) is 0 Å². The molecule has 8 heteroatoms. The lowest BCUT2D eigenvalue weighted by atomic mass is 10.1. The number of ether oxygens (including phenoxy) is 1. The van der Waals surface area contributed by atoms with Crippen molar-refractivity contribution in [2.75, 3.05) is 6.73 Å². The number of hydrogen-bond donors (Lipinski definition) is 1. The summed E-state index contributed by atoms with van der Waals surface area (Å²) in [4.78, 5) is 51.3. The number of fused-ring (bicyclic) bond motifs is 1. The molecule has 1 heterocycles. The van der Waals surface area contributed by atoms with Gasteiger partial charge in [-0.1, -0.05) is 54.1 Å². The van der Waals surface area contributed by atoms with Crippen LogP contribution in [0, 0.1) is 0 Å². The predicted molar refractivity (Wildman–Crippen MR) is 121 cm³/mol. The molecule has 0 saturated carbocycles. The second-order valence-corrected chi connectivity index (χ2v) is 7.51. The number of esters is 1. The van der Waals surface area contributed by atoms with Gasteiger partial charge in [0.05, 0.1) is 11.1 Å². The second-order valence-electron chi connectivity index (χ2n) is 7.07. The lowest BCUT2D eigenvalue weighted by molar-refractivity contribution is -0.141. The molecule has 4 rings (SSSR count). The van der Waals surface area contributed by atoms with Crippen molar-refractivity contribution in [1.29, 1.82) is 0 Å². The van der Waals surface area contributed by atoms with E-state index in [-0.39, 0.29) is 16.8 Å². The molecule has 1 aliphatic rings. The number of halogens is 1. The van der Waals surface area contributed by atoms with Crippen LogP contribution in [-0.4, -0.2) is 35.3 Å². The summed E-state index contributed by atoms with van der Waals surface area (Å²) < 4.78 is 5.23. The summed E-state index contributed by atoms with van der Waals surface area (Å²) in [5, 5.41) is 3.05. The van der Waals surface area contributed by atoms with Crippen LogP contribution in [0.15, 0.2) is 84.6 Å². The van der Waals surface area contributed by atoms with E-state index < -0.39 is 30.4 Å². The highest BCUT2D eigenvalue weighted by molar-refractivity contribution is 6.30. The van der Waals surface area contributed by atoms with E-state index in [2.05, 4.69) is 5.32 Å². The van der Waals surface area contributed by atoms with E-state index in [0.29, 0.717) is 16.1 Å². The highest BCUT2D eigenvalue weighted by Crippen LogP contribution is 2.22. The minimum Gasteiger partial charge on any atom is -0.439 e. The van der Waals surface area contributed by atoms with Gasteiger partial charge in [0, 0.05) is 10.6 Å². The molecule has 0 spiro atoms. The molecule has 3 aromatic rings. The fourth-order valence-corrected chi connectivity index (χ4v) is 3.34. The molecule has 3 amide bonds. The SMILES string of the molecule is O=C(OCN1C(=O)c2ccccc2C1=O)/C(=C/c1ccc(Cl)cc1)NC(=O)c1ccccc1. The minimum atomic E-state index is -0.911. The van der Waals surface area contributed by atoms with Gasteiger partial charge in [-0.15, -0.1) is 0 Å². The third kappa shape index (κ3) is 4.83. The van der Waals surface area contributed by atoms with Crippen LogP contribution in [0.1, 0.15) is 36.6 Å². The molecule has 33 heavy (non-hydrogen) atoms. The van der Waals surface area contributed by atoms with Crippen LogP contribution in [-0.2, 0) is 9.53 Å². The van der Waals surface area contributed by atoms with Gasteiger partial charge in [-0.3, -0.25) is 14.4 Å². The summed E-state index contributed by atoms with van der Waals surface area (Å²) in [5.74, 6) is -2.54. The molecule has 1 N–H and O–H groups in total. The summed E-state index contributed by atoms with van der Waals surface area (Å²) in [5.41, 5.74) is 1.25. The lowest BCUT2D eigenvalue weighted by Gasteiger charge is -2.15. The van der Waals surface area contributed by atoms with E-state index in [0.717, 1.165) is 4.90 Å². The third-order valence-electron chi connectivity index (χ3n) is 4.89. The molecular formula is C25H17ClN2O5. The van der Waals surface area contributed by atoms with Crippen LogP contribution in [0.3, 0.4) is 0 Å². The number of rotatable bonds is 6. The molecule has 164 valence electrons. The number of imide groups is 1. The Hall–Kier alpha value is -4.23. The number of hydrogen-bond acceptors (Lipinski definition) is 5. The van der Waals surface area contributed by atoms with Crippen molar-refractivity contribution in [3.05, 3.63) is 112 Å². The first-order valence-electron chi connectivity index (χ1n) is 9.90. The van der Waals surface area contributed by atoms with Crippen LogP contribution >= 0.6 is 11.6 Å². The van der Waals surface area contributed by atoms with Crippen molar-refractivity contribution in [1.82, 2.24) is 10.2 Å². The molecule has 0 fully saturated rings. The molecule has 0 aromatic heterocycles. The van der Waals surface area contributed by atoms with Gasteiger partial charge in [-0.25, -0.2) is 9.69 Å². The maximum atomic E-state index is 12.8. The average Bonchev–Trinajstić information content (AvgIpc) is 3.08. The van der Waals surface area contributed by atoms with Crippen LogP contribution in [0.5, 0.6) is 0 Å². The smallest absolute Gasteiger partial charge is 0.356 e. The number of benzene rings is 3. The normalized spacial score (nSPS) is 13.0. The number of nitrogens with zero attached hydrogens (tertiary/aromatic N) is 1. The lowest BCUT2D eigenvalue weighted by Crippen LogP contribution is -2.35. The standard InChI is InChI=1S/C25H17ClN2O5/c26-18-12-10-16(11-13-18)14-21(27-22(29)17-6-2-1-3-7-17)25(32)33-15-28-23(30)19-8-4-5-9-20(19)24(28)31/h1-14H,15H2,(H,27,29)/b21-14-. The molecule has 0 radical (unpaired) electrons. The number of nitrogens with one attached hydrogen (secondary N) is 1. The molecule has 1 aliphatic heterocycles. The van der Waals surface area contributed by atoms with Gasteiger partial charge in [0.2, 0.25) is 0 Å². The van der Waals surface area contributed by atoms with E-state index in [1.54, 1.807) is 66.7 Å². The molecule has 0 unspecified atom stereocenters. The Labute approximate surface area is 194 Å². The van der Waals surface area contributed by atoms with Crippen molar-refractivity contribution in [3.63, 3.8) is 0 Å². The van der Waals surface area contributed by atoms with Crippen molar-refractivity contribution < 1.29 is 23.9 Å². The summed E-state index contributed by atoms with van der Waals surface area (Å²) >= 11 is 5.91. The van der Waals surface area contributed by atoms with E-state index in [1.807, 2.05) is 0 Å². The maximum absolute atomic E-state index is 12.8. The van der Waals surface area contributed by atoms with Crippen molar-refractivity contribution >= 4 is 41.4 Å². The van der Waals surface area contributed by atoms with E-state index in [4.69, 9.17) is 16.3 Å². The molecule has 0 atom stereocenters. The number of carbonyl (C=O) groups excluding carboxylic acids is 4.